The number of hydrazone groups is 1. The first-order valence-corrected chi connectivity index (χ1v) is 6.39. The number of rotatable bonds is 1. The lowest BCUT2D eigenvalue weighted by atomic mass is 9.83. The summed E-state index contributed by atoms with van der Waals surface area (Å²) in [5, 5.41) is 15.9. The van der Waals surface area contributed by atoms with Crippen molar-refractivity contribution in [3.8, 4) is 11.5 Å². The van der Waals surface area contributed by atoms with Crippen LogP contribution >= 0.6 is 0 Å². The number of hydrogen-bond donors (Lipinski definition) is 1. The fraction of sp³-hybridized carbons (Fsp3) is 0.429. The monoisotopic (exact) mass is 260 g/mol. The Kier molecular flexibility index (Phi) is 2.52. The fourth-order valence-corrected chi connectivity index (χ4v) is 2.90. The van der Waals surface area contributed by atoms with Crippen LogP contribution in [0.3, 0.4) is 0 Å². The maximum Gasteiger partial charge on any atom is 0.336 e. The third kappa shape index (κ3) is 1.54. The molecule has 2 unspecified atom stereocenters. The van der Waals surface area contributed by atoms with Gasteiger partial charge in [-0.3, -0.25) is 5.01 Å². The van der Waals surface area contributed by atoms with Crippen molar-refractivity contribution in [2.45, 2.75) is 32.2 Å². The molecule has 3 rings (SSSR count). The van der Waals surface area contributed by atoms with Crippen LogP contribution in [0.1, 0.15) is 30.4 Å². The lowest BCUT2D eigenvalue weighted by molar-refractivity contribution is -0.141. The molecular weight excluding hydrogens is 244 g/mol. The Morgan fingerprint density at radius 2 is 2.21 bits per heavy atom. The van der Waals surface area contributed by atoms with Gasteiger partial charge in [-0.15, -0.1) is 0 Å². The van der Waals surface area contributed by atoms with E-state index in [1.807, 2.05) is 13.0 Å². The highest BCUT2D eigenvalue weighted by Gasteiger charge is 2.47. The van der Waals surface area contributed by atoms with Crippen molar-refractivity contribution in [1.29, 1.82) is 0 Å². The van der Waals surface area contributed by atoms with Crippen LogP contribution in [-0.2, 0) is 4.79 Å². The van der Waals surface area contributed by atoms with Gasteiger partial charge in [0.05, 0.1) is 5.92 Å². The first-order valence-electron chi connectivity index (χ1n) is 6.39. The van der Waals surface area contributed by atoms with E-state index in [-0.39, 0.29) is 23.7 Å². The molecule has 0 amide bonds. The van der Waals surface area contributed by atoms with Crippen LogP contribution in [0.15, 0.2) is 17.2 Å². The second kappa shape index (κ2) is 3.98. The molecule has 0 radical (unpaired) electrons. The summed E-state index contributed by atoms with van der Waals surface area (Å²) in [6, 6.07) is 3.09. The van der Waals surface area contributed by atoms with Gasteiger partial charge in [0.25, 0.3) is 0 Å². The van der Waals surface area contributed by atoms with E-state index in [9.17, 15) is 9.90 Å². The van der Waals surface area contributed by atoms with Gasteiger partial charge in [-0.1, -0.05) is 13.0 Å². The number of fused-ring (bicyclic) bond motifs is 3. The molecule has 2 aliphatic rings. The van der Waals surface area contributed by atoms with E-state index in [0.29, 0.717) is 11.3 Å². The number of hydrogen-bond acceptors (Lipinski definition) is 5. The van der Waals surface area contributed by atoms with Crippen LogP contribution in [0.5, 0.6) is 11.5 Å². The molecule has 5 heteroatoms. The lowest BCUT2D eigenvalue weighted by Gasteiger charge is -2.30. The van der Waals surface area contributed by atoms with Crippen molar-refractivity contribution >= 4 is 11.7 Å². The summed E-state index contributed by atoms with van der Waals surface area (Å²) in [7, 11) is 1.79. The summed E-state index contributed by atoms with van der Waals surface area (Å²) < 4.78 is 5.41. The number of ether oxygens (including phenoxy) is 1. The first kappa shape index (κ1) is 12.0. The average molecular weight is 260 g/mol. The maximum atomic E-state index is 12.2. The molecule has 0 aliphatic carbocycles. The Bertz CT molecular complexity index is 595. The first-order chi connectivity index (χ1) is 9.04. The average Bonchev–Trinajstić information content (AvgIpc) is 2.73. The van der Waals surface area contributed by atoms with Crippen molar-refractivity contribution < 1.29 is 14.6 Å². The van der Waals surface area contributed by atoms with Crippen molar-refractivity contribution in [2.24, 2.45) is 5.10 Å². The highest BCUT2D eigenvalue weighted by molar-refractivity contribution is 6.01. The van der Waals surface area contributed by atoms with Gasteiger partial charge in [0, 0.05) is 23.9 Å². The molecule has 0 spiro atoms. The van der Waals surface area contributed by atoms with E-state index in [0.717, 1.165) is 17.7 Å². The normalized spacial score (nSPS) is 24.7. The van der Waals surface area contributed by atoms with Gasteiger partial charge in [-0.25, -0.2) is 4.79 Å². The Hall–Kier alpha value is -2.04. The third-order valence-corrected chi connectivity index (χ3v) is 3.91. The standard InChI is InChI=1S/C14H16N2O3/c1-4-9-11-8-5-6-10(17)7(2)13(8)19-14(18)12(11)16(3)15-9/h5-6,11-12,17H,4H2,1-3H3. The van der Waals surface area contributed by atoms with Crippen LogP contribution in [0.2, 0.25) is 0 Å². The highest BCUT2D eigenvalue weighted by atomic mass is 16.5. The molecule has 1 aromatic carbocycles. The van der Waals surface area contributed by atoms with Crippen LogP contribution in [0, 0.1) is 6.92 Å². The fourth-order valence-electron chi connectivity index (χ4n) is 2.90. The zero-order chi connectivity index (χ0) is 13.7. The Labute approximate surface area is 111 Å². The van der Waals surface area contributed by atoms with Gasteiger partial charge >= 0.3 is 5.97 Å². The summed E-state index contributed by atoms with van der Waals surface area (Å²) >= 11 is 0. The number of esters is 1. The van der Waals surface area contributed by atoms with Crippen molar-refractivity contribution in [3.05, 3.63) is 23.3 Å². The smallest absolute Gasteiger partial charge is 0.336 e. The molecule has 19 heavy (non-hydrogen) atoms. The molecule has 0 saturated heterocycles. The quantitative estimate of drug-likeness (QED) is 0.617. The Balaban J connectivity index is 2.19. The molecular formula is C14H16N2O3. The lowest BCUT2D eigenvalue weighted by Crippen LogP contribution is -2.43. The van der Waals surface area contributed by atoms with E-state index < -0.39 is 0 Å². The molecule has 2 atom stereocenters. The predicted molar refractivity (Wildman–Crippen MR) is 70.5 cm³/mol. The molecule has 0 bridgehead atoms. The number of carbonyl (C=O) groups excluding carboxylic acids is 1. The summed E-state index contributed by atoms with van der Waals surface area (Å²) in [5.41, 5.74) is 2.52. The molecule has 2 aliphatic heterocycles. The number of aromatic hydroxyl groups is 1. The van der Waals surface area contributed by atoms with Gasteiger partial charge < -0.3 is 9.84 Å². The molecule has 0 fully saturated rings. The van der Waals surface area contributed by atoms with Gasteiger partial charge in [0.2, 0.25) is 0 Å². The SMILES string of the molecule is CCC1=NN(C)C2C(=O)Oc3c(ccc(O)c3C)C12. The molecule has 2 heterocycles. The number of phenols is 1. The molecule has 0 aromatic heterocycles. The zero-order valence-corrected chi connectivity index (χ0v) is 11.2. The molecule has 1 aromatic rings. The van der Waals surface area contributed by atoms with Crippen LogP contribution < -0.4 is 4.74 Å². The molecule has 100 valence electrons. The third-order valence-electron chi connectivity index (χ3n) is 3.91. The van der Waals surface area contributed by atoms with Gasteiger partial charge in [0.1, 0.15) is 11.5 Å². The summed E-state index contributed by atoms with van der Waals surface area (Å²) in [6.45, 7) is 3.78. The van der Waals surface area contributed by atoms with Crippen LogP contribution in [0.25, 0.3) is 0 Å². The number of carbonyl (C=O) groups is 1. The Morgan fingerprint density at radius 1 is 1.47 bits per heavy atom. The number of likely N-dealkylation sites (N-methyl/N-ethyl adjacent to an activating group) is 1. The van der Waals surface area contributed by atoms with E-state index in [1.54, 1.807) is 25.0 Å². The predicted octanol–water partition coefficient (Wildman–Crippen LogP) is 1.78. The molecule has 1 N–H and O–H groups in total. The van der Waals surface area contributed by atoms with E-state index in [4.69, 9.17) is 4.74 Å². The highest BCUT2D eigenvalue weighted by Crippen LogP contribution is 2.44. The van der Waals surface area contributed by atoms with Crippen LogP contribution in [0.4, 0.5) is 0 Å². The van der Waals surface area contributed by atoms with Crippen molar-refractivity contribution in [2.75, 3.05) is 7.05 Å². The molecule has 5 nitrogen and oxygen atoms in total. The number of phenolic OH excluding ortho intramolecular Hbond substituents is 1. The minimum absolute atomic E-state index is 0.0643. The van der Waals surface area contributed by atoms with Gasteiger partial charge in [0.15, 0.2) is 6.04 Å². The second-order valence-corrected chi connectivity index (χ2v) is 4.99. The van der Waals surface area contributed by atoms with E-state index >= 15 is 0 Å². The minimum Gasteiger partial charge on any atom is -0.508 e. The zero-order valence-electron chi connectivity index (χ0n) is 11.2. The van der Waals surface area contributed by atoms with Gasteiger partial charge in [-0.2, -0.15) is 5.10 Å². The maximum absolute atomic E-state index is 12.2. The second-order valence-electron chi connectivity index (χ2n) is 4.99. The van der Waals surface area contributed by atoms with Crippen molar-refractivity contribution in [3.63, 3.8) is 0 Å². The summed E-state index contributed by atoms with van der Waals surface area (Å²) in [4.78, 5) is 12.2. The number of benzene rings is 1. The summed E-state index contributed by atoms with van der Waals surface area (Å²) in [6.07, 6.45) is 0.790. The minimum atomic E-state index is -0.383. The van der Waals surface area contributed by atoms with Crippen LogP contribution in [-0.4, -0.2) is 34.9 Å². The van der Waals surface area contributed by atoms with E-state index in [2.05, 4.69) is 5.10 Å². The summed E-state index contributed by atoms with van der Waals surface area (Å²) in [5.74, 6) is 0.264. The van der Waals surface area contributed by atoms with Crippen molar-refractivity contribution in [1.82, 2.24) is 5.01 Å². The van der Waals surface area contributed by atoms with Gasteiger partial charge in [-0.05, 0) is 19.4 Å². The van der Waals surface area contributed by atoms with E-state index in [1.165, 1.54) is 0 Å². The largest absolute Gasteiger partial charge is 0.508 e. The Morgan fingerprint density at radius 3 is 2.89 bits per heavy atom. The molecule has 0 saturated carbocycles. The topological polar surface area (TPSA) is 62.1 Å². The number of nitrogens with zero attached hydrogens (tertiary/aromatic N) is 2.